The quantitative estimate of drug-likeness (QED) is 0.301. The maximum atomic E-state index is 12.5. The molecule has 0 aliphatic heterocycles. The number of aryl methyl sites for hydroxylation is 1. The van der Waals surface area contributed by atoms with Crippen LogP contribution in [-0.2, 0) is 16.0 Å². The van der Waals surface area contributed by atoms with E-state index in [4.69, 9.17) is 14.2 Å². The number of carbonyl (C=O) groups excluding carboxylic acids is 2. The first-order chi connectivity index (χ1) is 17.9. The minimum absolute atomic E-state index is 0.0153. The van der Waals surface area contributed by atoms with Crippen LogP contribution >= 0.6 is 0 Å². The summed E-state index contributed by atoms with van der Waals surface area (Å²) in [5.74, 6) is 1.00. The molecule has 0 unspecified atom stereocenters. The number of anilines is 1. The summed E-state index contributed by atoms with van der Waals surface area (Å²) in [6.45, 7) is 2.18. The predicted molar refractivity (Wildman–Crippen MR) is 142 cm³/mol. The van der Waals surface area contributed by atoms with E-state index >= 15 is 0 Å². The fourth-order valence-electron chi connectivity index (χ4n) is 3.41. The number of hydrogen-bond donors (Lipinski definition) is 2. The molecule has 3 rings (SSSR count). The van der Waals surface area contributed by atoms with Gasteiger partial charge in [-0.2, -0.15) is 5.26 Å². The smallest absolute Gasteiger partial charge is 0.262 e. The lowest BCUT2D eigenvalue weighted by molar-refractivity contribution is -0.118. The number of amides is 2. The highest BCUT2D eigenvalue weighted by Gasteiger charge is 2.10. The molecule has 8 heteroatoms. The largest absolute Gasteiger partial charge is 0.493 e. The molecule has 37 heavy (non-hydrogen) atoms. The van der Waals surface area contributed by atoms with Crippen molar-refractivity contribution < 1.29 is 23.8 Å². The second-order valence-corrected chi connectivity index (χ2v) is 8.14. The third-order valence-electron chi connectivity index (χ3n) is 5.41. The molecule has 2 N–H and O–H groups in total. The van der Waals surface area contributed by atoms with E-state index in [1.165, 1.54) is 6.08 Å². The molecular weight excluding hydrogens is 470 g/mol. The molecular formula is C29H29N3O5. The van der Waals surface area contributed by atoms with Gasteiger partial charge in [0.1, 0.15) is 17.4 Å². The number of nitrogens with zero attached hydrogens (tertiary/aromatic N) is 1. The van der Waals surface area contributed by atoms with Crippen molar-refractivity contribution in [2.75, 3.05) is 32.7 Å². The molecule has 0 atom stereocenters. The highest BCUT2D eigenvalue weighted by molar-refractivity contribution is 6.01. The molecule has 0 aliphatic carbocycles. The molecule has 0 aromatic heterocycles. The van der Waals surface area contributed by atoms with Crippen LogP contribution in [0.4, 0.5) is 5.69 Å². The first-order valence-electron chi connectivity index (χ1n) is 11.6. The number of nitriles is 1. The number of rotatable bonds is 11. The standard InChI is InChI=1S/C29H29N3O5/c1-20-4-9-24(10-5-20)32-28(33)19-37-25-11-6-21(7-12-25)16-23(18-30)29(34)31-15-14-22-8-13-26(35-2)27(17-22)36-3/h4-13,16-17H,14-15,19H2,1-3H3,(H,31,34)(H,32,33)/b23-16+. The van der Waals surface area contributed by atoms with Gasteiger partial charge in [0.2, 0.25) is 0 Å². The lowest BCUT2D eigenvalue weighted by Crippen LogP contribution is -2.26. The fourth-order valence-corrected chi connectivity index (χ4v) is 3.41. The fraction of sp³-hybridized carbons (Fsp3) is 0.207. The molecule has 0 saturated heterocycles. The first-order valence-corrected chi connectivity index (χ1v) is 11.6. The van der Waals surface area contributed by atoms with Crippen molar-refractivity contribution in [2.24, 2.45) is 0 Å². The van der Waals surface area contributed by atoms with Gasteiger partial charge in [-0.05, 0) is 66.9 Å². The van der Waals surface area contributed by atoms with Gasteiger partial charge in [-0.25, -0.2) is 0 Å². The van der Waals surface area contributed by atoms with Crippen LogP contribution in [0.3, 0.4) is 0 Å². The van der Waals surface area contributed by atoms with E-state index in [9.17, 15) is 14.9 Å². The Hall–Kier alpha value is -4.77. The Morgan fingerprint density at radius 1 is 0.946 bits per heavy atom. The Balaban J connectivity index is 1.50. The van der Waals surface area contributed by atoms with Crippen molar-refractivity contribution in [3.63, 3.8) is 0 Å². The Labute approximate surface area is 216 Å². The number of ether oxygens (including phenoxy) is 3. The van der Waals surface area contributed by atoms with Gasteiger partial charge in [0, 0.05) is 12.2 Å². The van der Waals surface area contributed by atoms with Crippen LogP contribution in [0.1, 0.15) is 16.7 Å². The zero-order valence-corrected chi connectivity index (χ0v) is 21.0. The maximum Gasteiger partial charge on any atom is 0.262 e. The number of methoxy groups -OCH3 is 2. The van der Waals surface area contributed by atoms with Crippen LogP contribution in [0.5, 0.6) is 17.2 Å². The predicted octanol–water partition coefficient (Wildman–Crippen LogP) is 4.30. The molecule has 0 saturated carbocycles. The zero-order valence-electron chi connectivity index (χ0n) is 21.0. The zero-order chi connectivity index (χ0) is 26.6. The van der Waals surface area contributed by atoms with Crippen molar-refractivity contribution in [2.45, 2.75) is 13.3 Å². The summed E-state index contributed by atoms with van der Waals surface area (Å²) in [6, 6.07) is 21.7. The van der Waals surface area contributed by atoms with E-state index in [1.807, 2.05) is 49.4 Å². The molecule has 3 aromatic carbocycles. The highest BCUT2D eigenvalue weighted by Crippen LogP contribution is 2.27. The van der Waals surface area contributed by atoms with Crippen LogP contribution in [0.15, 0.2) is 72.3 Å². The molecule has 2 amide bonds. The molecule has 0 aliphatic rings. The van der Waals surface area contributed by atoms with Crippen molar-refractivity contribution in [3.05, 3.63) is 89.0 Å². The van der Waals surface area contributed by atoms with Crippen molar-refractivity contribution >= 4 is 23.6 Å². The summed E-state index contributed by atoms with van der Waals surface area (Å²) in [7, 11) is 3.13. The maximum absolute atomic E-state index is 12.5. The summed E-state index contributed by atoms with van der Waals surface area (Å²) < 4.78 is 16.1. The molecule has 0 bridgehead atoms. The summed E-state index contributed by atoms with van der Waals surface area (Å²) in [4.78, 5) is 24.6. The van der Waals surface area contributed by atoms with Crippen LogP contribution in [0.25, 0.3) is 6.08 Å². The lowest BCUT2D eigenvalue weighted by Gasteiger charge is -2.10. The Morgan fingerprint density at radius 2 is 1.65 bits per heavy atom. The Kier molecular flexibility index (Phi) is 9.68. The van der Waals surface area contributed by atoms with E-state index in [2.05, 4.69) is 10.6 Å². The lowest BCUT2D eigenvalue weighted by atomic mass is 10.1. The molecule has 0 fully saturated rings. The van der Waals surface area contributed by atoms with Gasteiger partial charge in [-0.1, -0.05) is 35.9 Å². The van der Waals surface area contributed by atoms with Gasteiger partial charge in [0.25, 0.3) is 11.8 Å². The number of nitrogens with one attached hydrogen (secondary N) is 2. The van der Waals surface area contributed by atoms with Gasteiger partial charge < -0.3 is 24.8 Å². The van der Waals surface area contributed by atoms with E-state index < -0.39 is 5.91 Å². The second kappa shape index (κ2) is 13.4. The number of benzene rings is 3. The highest BCUT2D eigenvalue weighted by atomic mass is 16.5. The van der Waals surface area contributed by atoms with Crippen molar-refractivity contribution in [3.8, 4) is 23.3 Å². The molecule has 0 radical (unpaired) electrons. The summed E-state index contributed by atoms with van der Waals surface area (Å²) >= 11 is 0. The SMILES string of the molecule is COc1ccc(CCNC(=O)/C(C#N)=C/c2ccc(OCC(=O)Nc3ccc(C)cc3)cc2)cc1OC. The Bertz CT molecular complexity index is 1290. The van der Waals surface area contributed by atoms with Gasteiger partial charge >= 0.3 is 0 Å². The monoisotopic (exact) mass is 499 g/mol. The minimum Gasteiger partial charge on any atom is -0.493 e. The minimum atomic E-state index is -0.462. The van der Waals surface area contributed by atoms with Crippen molar-refractivity contribution in [1.29, 1.82) is 5.26 Å². The van der Waals surface area contributed by atoms with Crippen LogP contribution in [0, 0.1) is 18.3 Å². The topological polar surface area (TPSA) is 110 Å². The van der Waals surface area contributed by atoms with Gasteiger partial charge in [0.15, 0.2) is 18.1 Å². The van der Waals surface area contributed by atoms with Gasteiger partial charge in [-0.3, -0.25) is 9.59 Å². The van der Waals surface area contributed by atoms with Gasteiger partial charge in [-0.15, -0.1) is 0 Å². The van der Waals surface area contributed by atoms with Crippen LogP contribution < -0.4 is 24.8 Å². The molecule has 8 nitrogen and oxygen atoms in total. The molecule has 190 valence electrons. The number of hydrogen-bond acceptors (Lipinski definition) is 6. The second-order valence-electron chi connectivity index (χ2n) is 8.14. The molecule has 3 aromatic rings. The summed E-state index contributed by atoms with van der Waals surface area (Å²) in [5, 5.41) is 15.0. The summed E-state index contributed by atoms with van der Waals surface area (Å²) in [5.41, 5.74) is 3.41. The van der Waals surface area contributed by atoms with E-state index in [1.54, 1.807) is 44.6 Å². The average Bonchev–Trinajstić information content (AvgIpc) is 2.92. The van der Waals surface area contributed by atoms with Gasteiger partial charge in [0.05, 0.1) is 14.2 Å². The average molecular weight is 500 g/mol. The van der Waals surface area contributed by atoms with Crippen molar-refractivity contribution in [1.82, 2.24) is 5.32 Å². The summed E-state index contributed by atoms with van der Waals surface area (Å²) in [6.07, 6.45) is 2.06. The Morgan fingerprint density at radius 3 is 2.30 bits per heavy atom. The van der Waals surface area contributed by atoms with Crippen LogP contribution in [-0.4, -0.2) is 39.2 Å². The normalized spacial score (nSPS) is 10.7. The molecule has 0 heterocycles. The third kappa shape index (κ3) is 8.15. The van der Waals surface area contributed by atoms with E-state index in [0.29, 0.717) is 41.5 Å². The molecule has 0 spiro atoms. The third-order valence-corrected chi connectivity index (χ3v) is 5.41. The van der Waals surface area contributed by atoms with Crippen LogP contribution in [0.2, 0.25) is 0 Å². The van der Waals surface area contributed by atoms with E-state index in [-0.39, 0.29) is 18.1 Å². The van der Waals surface area contributed by atoms with E-state index in [0.717, 1.165) is 11.1 Å². The number of carbonyl (C=O) groups is 2. The first kappa shape index (κ1) is 26.8.